The van der Waals surface area contributed by atoms with Crippen molar-refractivity contribution in [1.82, 2.24) is 5.32 Å². The minimum Gasteiger partial charge on any atom is -0.756 e. The topological polar surface area (TPSA) is 108 Å². The molecule has 1 amide bonds. The van der Waals surface area contributed by atoms with E-state index in [2.05, 4.69) is 67.8 Å². The third kappa shape index (κ3) is 65.6. The minimum atomic E-state index is -4.62. The number of carbonyl (C=O) groups is 1. The van der Waals surface area contributed by atoms with Gasteiger partial charge < -0.3 is 28.8 Å². The highest BCUT2D eigenvalue weighted by Crippen LogP contribution is 2.38. The van der Waals surface area contributed by atoms with E-state index in [1.165, 1.54) is 270 Å². The maximum Gasteiger partial charge on any atom is 0.268 e. The zero-order chi connectivity index (χ0) is 59.1. The first-order valence-corrected chi connectivity index (χ1v) is 36.6. The van der Waals surface area contributed by atoms with Crippen molar-refractivity contribution in [2.45, 2.75) is 353 Å². The number of amides is 1. The van der Waals surface area contributed by atoms with E-state index in [0.29, 0.717) is 17.4 Å². The molecule has 81 heavy (non-hydrogen) atoms. The van der Waals surface area contributed by atoms with Gasteiger partial charge in [0.25, 0.3) is 7.82 Å². The Morgan fingerprint density at radius 2 is 0.728 bits per heavy atom. The summed E-state index contributed by atoms with van der Waals surface area (Å²) in [5.74, 6) is -0.207. The normalized spacial score (nSPS) is 14.0. The van der Waals surface area contributed by atoms with Crippen molar-refractivity contribution in [2.24, 2.45) is 0 Å². The Hall–Kier alpha value is -1.80. The highest BCUT2D eigenvalue weighted by atomic mass is 31.2. The molecule has 0 saturated carbocycles. The van der Waals surface area contributed by atoms with Crippen LogP contribution in [0.4, 0.5) is 0 Å². The van der Waals surface area contributed by atoms with Gasteiger partial charge >= 0.3 is 0 Å². The van der Waals surface area contributed by atoms with Crippen LogP contribution >= 0.6 is 7.82 Å². The third-order valence-corrected chi connectivity index (χ3v) is 16.9. The van der Waals surface area contributed by atoms with Gasteiger partial charge in [-0.1, -0.05) is 319 Å². The minimum absolute atomic E-state index is 0.00928. The van der Waals surface area contributed by atoms with Crippen LogP contribution in [0, 0.1) is 0 Å². The van der Waals surface area contributed by atoms with Gasteiger partial charge in [-0.05, 0) is 77.0 Å². The maximum atomic E-state index is 13.0. The van der Waals surface area contributed by atoms with Crippen LogP contribution in [-0.4, -0.2) is 68.5 Å². The molecule has 0 aromatic rings. The highest BCUT2D eigenvalue weighted by molar-refractivity contribution is 7.45. The number of unbranched alkanes of at least 4 members (excludes halogenated alkanes) is 44. The molecule has 0 heterocycles. The van der Waals surface area contributed by atoms with E-state index in [-0.39, 0.29) is 12.5 Å². The second-order valence-electron chi connectivity index (χ2n) is 25.2. The fourth-order valence-electron chi connectivity index (χ4n) is 10.5. The highest BCUT2D eigenvalue weighted by Gasteiger charge is 2.23. The standard InChI is InChI=1S/C72H137N2O6P/c1-6-8-10-12-14-16-18-20-22-24-26-28-30-32-34-36-38-39-41-43-45-47-49-51-53-55-57-59-61-63-65-71(75)70(69-80-81(77,78)79-68-67-74(3,4)5)73-72(76)66-64-62-60-58-56-54-52-50-48-46-44-42-40-37-35-33-31-29-27-25-23-21-19-17-15-13-11-9-7-2/h19,21,25,27,47,49,55,57,63,65,70-71,75H,6-18,20,22-24,26,28-46,48,50-54,56,58-62,64,66-69H2,1-5H3,(H-,73,76,77,78)/b21-19-,27-25-,49-47+,57-55+,65-63+. The van der Waals surface area contributed by atoms with Crippen LogP contribution in [0.5, 0.6) is 0 Å². The number of nitrogens with one attached hydrogen (secondary N) is 1. The predicted molar refractivity (Wildman–Crippen MR) is 353 cm³/mol. The summed E-state index contributed by atoms with van der Waals surface area (Å²) in [6, 6.07) is -0.913. The fraction of sp³-hybridized carbons (Fsp3) is 0.847. The molecule has 0 fully saturated rings. The Labute approximate surface area is 504 Å². The summed E-state index contributed by atoms with van der Waals surface area (Å²) >= 11 is 0. The molecule has 3 unspecified atom stereocenters. The number of rotatable bonds is 65. The maximum absolute atomic E-state index is 13.0. The number of phosphoric acid groups is 1. The van der Waals surface area contributed by atoms with Crippen LogP contribution in [0.3, 0.4) is 0 Å². The first kappa shape index (κ1) is 79.2. The lowest BCUT2D eigenvalue weighted by atomic mass is 10.0. The van der Waals surface area contributed by atoms with Crippen molar-refractivity contribution in [2.75, 3.05) is 40.9 Å². The third-order valence-electron chi connectivity index (χ3n) is 15.9. The van der Waals surface area contributed by atoms with E-state index in [1.54, 1.807) is 6.08 Å². The average molecular weight is 1160 g/mol. The number of likely N-dealkylation sites (N-methyl/N-ethyl adjacent to an activating group) is 1. The Bertz CT molecular complexity index is 1500. The van der Waals surface area contributed by atoms with Crippen molar-refractivity contribution in [3.8, 4) is 0 Å². The number of carbonyl (C=O) groups excluding carboxylic acids is 1. The summed E-state index contributed by atoms with van der Waals surface area (Å²) in [6.45, 7) is 4.66. The van der Waals surface area contributed by atoms with E-state index in [0.717, 1.165) is 51.4 Å². The first-order chi connectivity index (χ1) is 39.5. The van der Waals surface area contributed by atoms with Gasteiger partial charge in [0, 0.05) is 6.42 Å². The summed E-state index contributed by atoms with van der Waals surface area (Å²) < 4.78 is 23.4. The lowest BCUT2D eigenvalue weighted by Gasteiger charge is -2.29. The molecular weight excluding hydrogens is 1020 g/mol. The lowest BCUT2D eigenvalue weighted by molar-refractivity contribution is -0.870. The molecule has 2 N–H and O–H groups in total. The quantitative estimate of drug-likeness (QED) is 0.0272. The van der Waals surface area contributed by atoms with E-state index < -0.39 is 26.6 Å². The largest absolute Gasteiger partial charge is 0.756 e. The number of aliphatic hydroxyl groups is 1. The van der Waals surface area contributed by atoms with Gasteiger partial charge in [0.2, 0.25) is 5.91 Å². The van der Waals surface area contributed by atoms with Gasteiger partial charge in [-0.15, -0.1) is 0 Å². The molecule has 0 aliphatic rings. The van der Waals surface area contributed by atoms with Crippen molar-refractivity contribution in [3.05, 3.63) is 60.8 Å². The van der Waals surface area contributed by atoms with Crippen molar-refractivity contribution in [1.29, 1.82) is 0 Å². The lowest BCUT2D eigenvalue weighted by Crippen LogP contribution is -2.45. The summed E-state index contributed by atoms with van der Waals surface area (Å²) in [4.78, 5) is 25.6. The van der Waals surface area contributed by atoms with Crippen LogP contribution < -0.4 is 10.2 Å². The molecule has 0 spiro atoms. The Morgan fingerprint density at radius 1 is 0.432 bits per heavy atom. The van der Waals surface area contributed by atoms with Crippen LogP contribution in [0.2, 0.25) is 0 Å². The number of nitrogens with zero attached hydrogens (tertiary/aromatic N) is 1. The number of quaternary nitrogens is 1. The van der Waals surface area contributed by atoms with Gasteiger partial charge in [-0.2, -0.15) is 0 Å². The Kier molecular flexibility index (Phi) is 61.3. The Balaban J connectivity index is 4.12. The zero-order valence-electron chi connectivity index (χ0n) is 54.5. The fourth-order valence-corrected chi connectivity index (χ4v) is 11.2. The molecule has 0 saturated heterocycles. The second kappa shape index (κ2) is 62.7. The molecule has 0 radical (unpaired) electrons. The summed E-state index contributed by atoms with van der Waals surface area (Å²) in [7, 11) is 1.24. The van der Waals surface area contributed by atoms with Crippen LogP contribution in [0.25, 0.3) is 0 Å². The average Bonchev–Trinajstić information content (AvgIpc) is 3.43. The van der Waals surface area contributed by atoms with Gasteiger partial charge in [0.15, 0.2) is 0 Å². The van der Waals surface area contributed by atoms with Crippen molar-refractivity contribution >= 4 is 13.7 Å². The number of aliphatic hydroxyl groups excluding tert-OH is 1. The van der Waals surface area contributed by atoms with E-state index in [9.17, 15) is 19.4 Å². The van der Waals surface area contributed by atoms with Crippen molar-refractivity contribution < 1.29 is 32.9 Å². The second-order valence-corrected chi connectivity index (χ2v) is 26.6. The summed E-state index contributed by atoms with van der Waals surface area (Å²) in [5, 5.41) is 13.9. The number of allylic oxidation sites excluding steroid dienone is 9. The van der Waals surface area contributed by atoms with Crippen molar-refractivity contribution in [3.63, 3.8) is 0 Å². The molecule has 0 aromatic heterocycles. The van der Waals surface area contributed by atoms with E-state index >= 15 is 0 Å². The van der Waals surface area contributed by atoms with Gasteiger partial charge in [-0.25, -0.2) is 0 Å². The predicted octanol–water partition coefficient (Wildman–Crippen LogP) is 21.8. The number of phosphoric ester groups is 1. The monoisotopic (exact) mass is 1160 g/mol. The van der Waals surface area contributed by atoms with Crippen LogP contribution in [0.15, 0.2) is 60.8 Å². The van der Waals surface area contributed by atoms with Gasteiger partial charge in [-0.3, -0.25) is 9.36 Å². The molecule has 0 aliphatic carbocycles. The molecule has 0 aliphatic heterocycles. The molecule has 3 atom stereocenters. The number of hydrogen-bond donors (Lipinski definition) is 2. The van der Waals surface area contributed by atoms with Gasteiger partial charge in [0.05, 0.1) is 39.9 Å². The molecule has 0 aromatic carbocycles. The zero-order valence-corrected chi connectivity index (χ0v) is 55.4. The first-order valence-electron chi connectivity index (χ1n) is 35.2. The molecule has 9 heteroatoms. The molecule has 0 bridgehead atoms. The van der Waals surface area contributed by atoms with E-state index in [1.807, 2.05) is 27.2 Å². The van der Waals surface area contributed by atoms with Crippen LogP contribution in [0.1, 0.15) is 341 Å². The molecule has 0 rings (SSSR count). The van der Waals surface area contributed by atoms with E-state index in [4.69, 9.17) is 9.05 Å². The summed E-state index contributed by atoms with van der Waals surface area (Å²) in [6.07, 6.45) is 86.4. The molecule has 476 valence electrons. The van der Waals surface area contributed by atoms with Gasteiger partial charge in [0.1, 0.15) is 13.2 Å². The SMILES string of the molecule is CCCCCCC/C=C\C/C=C\CCCCCCCCCCCCCCCCCCCC(=O)NC(COP(=O)([O-])OCC[N+](C)(C)C)C(O)/C=C/CC/C=C/CC/C=C/CCCCCCCCCCCCCCCCCCCCCC. The molecular formula is C72H137N2O6P. The molecule has 8 nitrogen and oxygen atoms in total. The number of hydrogen-bond acceptors (Lipinski definition) is 6. The smallest absolute Gasteiger partial charge is 0.268 e. The Morgan fingerprint density at radius 3 is 1.07 bits per heavy atom. The van der Waals surface area contributed by atoms with Crippen LogP contribution in [-0.2, 0) is 18.4 Å². The summed E-state index contributed by atoms with van der Waals surface area (Å²) in [5.41, 5.74) is 0.